The summed E-state index contributed by atoms with van der Waals surface area (Å²) in [6.07, 6.45) is 0.144. The van der Waals surface area contributed by atoms with Crippen LogP contribution in [0.1, 0.15) is 20.3 Å². The molecule has 0 bridgehead atoms. The lowest BCUT2D eigenvalue weighted by molar-refractivity contribution is 0.0709. The summed E-state index contributed by atoms with van der Waals surface area (Å²) in [5.41, 5.74) is 10.4. The highest BCUT2D eigenvalue weighted by atomic mass is 16.3. The fourth-order valence-corrected chi connectivity index (χ4v) is 1.00. The number of hydrogen-bond acceptors (Lipinski definition) is 3. The van der Waals surface area contributed by atoms with Crippen molar-refractivity contribution in [2.24, 2.45) is 0 Å². The molecule has 4 heteroatoms. The Balaban J connectivity index is 3.72. The average molecular weight is 174 g/mol. The SMILES string of the molecule is CCC([NH])[C@@H](O)CN(CC)NC. The summed E-state index contributed by atoms with van der Waals surface area (Å²) in [6.45, 7) is 5.28. The molecule has 0 amide bonds. The molecule has 0 fully saturated rings. The van der Waals surface area contributed by atoms with Crippen LogP contribution in [0.3, 0.4) is 0 Å². The zero-order chi connectivity index (χ0) is 9.56. The van der Waals surface area contributed by atoms with Gasteiger partial charge in [-0.3, -0.25) is 11.2 Å². The van der Waals surface area contributed by atoms with E-state index in [1.165, 1.54) is 0 Å². The first-order valence-electron chi connectivity index (χ1n) is 4.47. The third kappa shape index (κ3) is 4.01. The molecule has 0 spiro atoms. The second-order valence-corrected chi connectivity index (χ2v) is 2.84. The van der Waals surface area contributed by atoms with Crippen molar-refractivity contribution < 1.29 is 5.11 Å². The lowest BCUT2D eigenvalue weighted by Gasteiger charge is -2.24. The van der Waals surface area contributed by atoms with Gasteiger partial charge in [0.25, 0.3) is 0 Å². The largest absolute Gasteiger partial charge is 0.390 e. The maximum atomic E-state index is 9.48. The topological polar surface area (TPSA) is 59.3 Å². The second kappa shape index (κ2) is 6.37. The van der Waals surface area contributed by atoms with Crippen LogP contribution in [0.4, 0.5) is 0 Å². The molecule has 2 atom stereocenters. The molecule has 12 heavy (non-hydrogen) atoms. The van der Waals surface area contributed by atoms with Crippen LogP contribution >= 0.6 is 0 Å². The van der Waals surface area contributed by atoms with Crippen LogP contribution in [0.15, 0.2) is 0 Å². The third-order valence-electron chi connectivity index (χ3n) is 2.01. The molecule has 1 radical (unpaired) electrons. The molecule has 4 nitrogen and oxygen atoms in total. The Morgan fingerprint density at radius 1 is 1.50 bits per heavy atom. The smallest absolute Gasteiger partial charge is 0.0847 e. The molecule has 0 aromatic rings. The predicted octanol–water partition coefficient (Wildman–Crippen LogP) is -0.135. The van der Waals surface area contributed by atoms with Gasteiger partial charge in [0.1, 0.15) is 0 Å². The molecule has 0 aromatic carbocycles. The first kappa shape index (κ1) is 11.8. The fraction of sp³-hybridized carbons (Fsp3) is 1.00. The van der Waals surface area contributed by atoms with E-state index in [1.807, 2.05) is 25.9 Å². The van der Waals surface area contributed by atoms with Crippen molar-refractivity contribution in [3.05, 3.63) is 0 Å². The Kier molecular flexibility index (Phi) is 6.28. The molecular formula is C8H20N3O. The van der Waals surface area contributed by atoms with Crippen LogP contribution in [0.25, 0.3) is 0 Å². The van der Waals surface area contributed by atoms with E-state index in [2.05, 4.69) is 5.43 Å². The summed E-state index contributed by atoms with van der Waals surface area (Å²) >= 11 is 0. The van der Waals surface area contributed by atoms with E-state index in [-0.39, 0.29) is 6.04 Å². The van der Waals surface area contributed by atoms with Gasteiger partial charge in [-0.25, -0.2) is 5.01 Å². The number of aliphatic hydroxyl groups is 1. The fourth-order valence-electron chi connectivity index (χ4n) is 1.00. The Morgan fingerprint density at radius 3 is 2.42 bits per heavy atom. The highest BCUT2D eigenvalue weighted by molar-refractivity contribution is 4.71. The Labute approximate surface area is 74.7 Å². The molecule has 0 saturated heterocycles. The van der Waals surface area contributed by atoms with Gasteiger partial charge in [-0.1, -0.05) is 13.8 Å². The van der Waals surface area contributed by atoms with Crippen molar-refractivity contribution in [1.29, 1.82) is 0 Å². The Hall–Kier alpha value is -0.160. The van der Waals surface area contributed by atoms with Crippen LogP contribution in [-0.4, -0.2) is 42.4 Å². The van der Waals surface area contributed by atoms with Crippen LogP contribution < -0.4 is 11.2 Å². The zero-order valence-corrected chi connectivity index (χ0v) is 8.17. The van der Waals surface area contributed by atoms with Gasteiger partial charge in [-0.2, -0.15) is 0 Å². The van der Waals surface area contributed by atoms with E-state index in [9.17, 15) is 5.11 Å². The number of nitrogens with zero attached hydrogens (tertiary/aromatic N) is 1. The standard InChI is InChI=1S/C8H20N3O/c1-4-7(9)8(12)6-11(5-2)10-3/h7-10,12H,4-6H2,1-3H3/t7?,8-/m0/s1. The Morgan fingerprint density at radius 2 is 2.08 bits per heavy atom. The van der Waals surface area contributed by atoms with Gasteiger partial charge in [0.15, 0.2) is 0 Å². The van der Waals surface area contributed by atoms with Gasteiger partial charge in [0, 0.05) is 19.1 Å². The van der Waals surface area contributed by atoms with Gasteiger partial charge >= 0.3 is 0 Å². The van der Waals surface area contributed by atoms with Gasteiger partial charge in [-0.15, -0.1) is 0 Å². The number of hydrogen-bond donors (Lipinski definition) is 2. The van der Waals surface area contributed by atoms with Crippen LogP contribution in [0.5, 0.6) is 0 Å². The first-order chi connectivity index (χ1) is 5.65. The van der Waals surface area contributed by atoms with Crippen LogP contribution in [0.2, 0.25) is 0 Å². The summed E-state index contributed by atoms with van der Waals surface area (Å²) in [7, 11) is 1.82. The maximum absolute atomic E-state index is 9.48. The minimum absolute atomic E-state index is 0.368. The Bertz CT molecular complexity index is 106. The van der Waals surface area contributed by atoms with Gasteiger partial charge in [0.2, 0.25) is 0 Å². The predicted molar refractivity (Wildman–Crippen MR) is 49.5 cm³/mol. The molecule has 0 heterocycles. The molecule has 0 aliphatic rings. The number of rotatable bonds is 6. The van der Waals surface area contributed by atoms with Crippen molar-refractivity contribution in [2.45, 2.75) is 32.4 Å². The molecule has 3 N–H and O–H groups in total. The maximum Gasteiger partial charge on any atom is 0.0847 e. The van der Waals surface area contributed by atoms with Crippen molar-refractivity contribution in [3.63, 3.8) is 0 Å². The van der Waals surface area contributed by atoms with E-state index in [0.29, 0.717) is 13.0 Å². The second-order valence-electron chi connectivity index (χ2n) is 2.84. The zero-order valence-electron chi connectivity index (χ0n) is 8.17. The molecule has 0 aliphatic carbocycles. The van der Waals surface area contributed by atoms with Gasteiger partial charge in [-0.05, 0) is 13.5 Å². The van der Waals surface area contributed by atoms with E-state index < -0.39 is 6.10 Å². The minimum Gasteiger partial charge on any atom is -0.390 e. The molecule has 0 saturated carbocycles. The molecule has 1 unspecified atom stereocenters. The quantitative estimate of drug-likeness (QED) is 0.551. The van der Waals surface area contributed by atoms with Crippen molar-refractivity contribution >= 4 is 0 Å². The van der Waals surface area contributed by atoms with E-state index in [0.717, 1.165) is 6.54 Å². The normalized spacial score (nSPS) is 16.5. The summed E-state index contributed by atoms with van der Waals surface area (Å²) in [4.78, 5) is 0. The van der Waals surface area contributed by atoms with Gasteiger partial charge in [0.05, 0.1) is 6.10 Å². The van der Waals surface area contributed by atoms with E-state index in [4.69, 9.17) is 5.73 Å². The lowest BCUT2D eigenvalue weighted by Crippen LogP contribution is -2.44. The molecule has 0 aromatic heterocycles. The summed E-state index contributed by atoms with van der Waals surface area (Å²) in [5, 5.41) is 11.4. The third-order valence-corrected chi connectivity index (χ3v) is 2.01. The molecule has 0 aliphatic heterocycles. The number of likely N-dealkylation sites (N-methyl/N-ethyl adjacent to an activating group) is 1. The highest BCUT2D eigenvalue weighted by Gasteiger charge is 2.15. The first-order valence-corrected chi connectivity index (χ1v) is 4.47. The van der Waals surface area contributed by atoms with Crippen molar-refractivity contribution in [3.8, 4) is 0 Å². The van der Waals surface area contributed by atoms with E-state index in [1.54, 1.807) is 0 Å². The minimum atomic E-state index is -0.553. The highest BCUT2D eigenvalue weighted by Crippen LogP contribution is 1.98. The average Bonchev–Trinajstić information content (AvgIpc) is 2.12. The molecule has 0 rings (SSSR count). The lowest BCUT2D eigenvalue weighted by atomic mass is 10.1. The summed E-state index contributed by atoms with van der Waals surface area (Å²) < 4.78 is 0. The van der Waals surface area contributed by atoms with E-state index >= 15 is 0 Å². The summed E-state index contributed by atoms with van der Waals surface area (Å²) in [5.74, 6) is 0. The molecule has 73 valence electrons. The van der Waals surface area contributed by atoms with Crippen molar-refractivity contribution in [2.75, 3.05) is 20.1 Å². The molecular weight excluding hydrogens is 154 g/mol. The van der Waals surface area contributed by atoms with Crippen molar-refractivity contribution in [1.82, 2.24) is 16.2 Å². The summed E-state index contributed by atoms with van der Waals surface area (Å²) in [6, 6.07) is -0.368. The number of hydrazine groups is 1. The monoisotopic (exact) mass is 174 g/mol. The number of nitrogens with one attached hydrogen (secondary N) is 2. The van der Waals surface area contributed by atoms with Crippen LogP contribution in [0, 0.1) is 0 Å². The van der Waals surface area contributed by atoms with Gasteiger partial charge < -0.3 is 5.11 Å². The number of aliphatic hydroxyl groups excluding tert-OH is 1. The van der Waals surface area contributed by atoms with Crippen LogP contribution in [-0.2, 0) is 0 Å².